The van der Waals surface area contributed by atoms with E-state index in [-0.39, 0.29) is 13.2 Å². The molecule has 0 aromatic heterocycles. The summed E-state index contributed by atoms with van der Waals surface area (Å²) in [6.45, 7) is 4.75. The molecule has 0 spiro atoms. The highest BCUT2D eigenvalue weighted by Crippen LogP contribution is 2.22. The molecule has 0 bridgehead atoms. The molecule has 0 radical (unpaired) electrons. The molecule has 1 saturated heterocycles. The zero-order chi connectivity index (χ0) is 27.1. The van der Waals surface area contributed by atoms with Crippen LogP contribution in [0.3, 0.4) is 0 Å². The van der Waals surface area contributed by atoms with Crippen LogP contribution in [0.5, 0.6) is 0 Å². The molecule has 7 heteroatoms. The maximum atomic E-state index is 10.4. The fourth-order valence-electron chi connectivity index (χ4n) is 4.78. The van der Waals surface area contributed by atoms with Crippen LogP contribution in [0, 0.1) is 0 Å². The molecule has 0 aromatic carbocycles. The van der Waals surface area contributed by atoms with E-state index in [9.17, 15) is 10.2 Å². The summed E-state index contributed by atoms with van der Waals surface area (Å²) in [7, 11) is 0. The van der Waals surface area contributed by atoms with E-state index in [0.717, 1.165) is 32.1 Å². The van der Waals surface area contributed by atoms with Gasteiger partial charge in [0, 0.05) is 12.8 Å². The van der Waals surface area contributed by atoms with Crippen molar-refractivity contribution < 1.29 is 24.4 Å². The van der Waals surface area contributed by atoms with Gasteiger partial charge in [-0.15, -0.1) is 0 Å². The largest absolute Gasteiger partial charge is 0.483 e. The number of thiocarbonyl (C=S) groups is 2. The Hall–Kier alpha value is -0.340. The number of hydrogen-bond acceptors (Lipinski definition) is 7. The summed E-state index contributed by atoms with van der Waals surface area (Å²) < 4.78 is 17.5. The predicted molar refractivity (Wildman–Crippen MR) is 161 cm³/mol. The highest BCUT2D eigenvalue weighted by atomic mass is 32.1. The average Bonchev–Trinajstić information content (AvgIpc) is 3.22. The van der Waals surface area contributed by atoms with Crippen molar-refractivity contribution in [2.75, 3.05) is 13.2 Å². The van der Waals surface area contributed by atoms with Gasteiger partial charge in [-0.1, -0.05) is 117 Å². The van der Waals surface area contributed by atoms with Gasteiger partial charge in [0.2, 0.25) is 0 Å². The maximum Gasteiger partial charge on any atom is 0.162 e. The van der Waals surface area contributed by atoms with Crippen LogP contribution < -0.4 is 0 Å². The fourth-order valence-corrected chi connectivity index (χ4v) is 5.26. The Labute approximate surface area is 238 Å². The van der Waals surface area contributed by atoms with E-state index in [1.165, 1.54) is 89.9 Å². The van der Waals surface area contributed by atoms with E-state index in [4.69, 9.17) is 38.6 Å². The number of aliphatic hydroxyl groups excluding tert-OH is 2. The van der Waals surface area contributed by atoms with Crippen LogP contribution in [-0.4, -0.2) is 57.9 Å². The molecule has 0 unspecified atom stereocenters. The van der Waals surface area contributed by atoms with Crippen LogP contribution >= 0.6 is 24.4 Å². The van der Waals surface area contributed by atoms with E-state index in [2.05, 4.69) is 13.8 Å². The van der Waals surface area contributed by atoms with E-state index >= 15 is 0 Å². The summed E-state index contributed by atoms with van der Waals surface area (Å²) >= 11 is 10.9. The minimum absolute atomic E-state index is 0.0829. The molecule has 37 heavy (non-hydrogen) atoms. The van der Waals surface area contributed by atoms with Crippen LogP contribution in [-0.2, 0) is 14.2 Å². The van der Waals surface area contributed by atoms with Gasteiger partial charge in [-0.05, 0) is 37.3 Å². The quantitative estimate of drug-likeness (QED) is 0.0915. The first-order valence-electron chi connectivity index (χ1n) is 15.3. The van der Waals surface area contributed by atoms with Crippen molar-refractivity contribution in [1.29, 1.82) is 0 Å². The van der Waals surface area contributed by atoms with Crippen molar-refractivity contribution >= 4 is 34.5 Å². The third kappa shape index (κ3) is 17.8. The summed E-state index contributed by atoms with van der Waals surface area (Å²) in [6.07, 6.45) is 20.9. The Bertz CT molecular complexity index is 574. The second-order valence-corrected chi connectivity index (χ2v) is 11.6. The monoisotopic (exact) mass is 560 g/mol. The predicted octanol–water partition coefficient (Wildman–Crippen LogP) is 8.01. The van der Waals surface area contributed by atoms with Crippen LogP contribution in [0.4, 0.5) is 0 Å². The smallest absolute Gasteiger partial charge is 0.162 e. The minimum Gasteiger partial charge on any atom is -0.483 e. The maximum absolute atomic E-state index is 10.4. The first kappa shape index (κ1) is 34.7. The molecule has 5 nitrogen and oxygen atoms in total. The zero-order valence-electron chi connectivity index (χ0n) is 23.8. The number of ether oxygens (including phenoxy) is 3. The standard InChI is InChI=1S/C30H56O5S2/c1-3-5-7-9-11-13-15-17-19-21-27(36)33-24-26(30-29(32)25(31)23-34-30)35-28(37)22-20-18-16-14-12-10-8-6-4-2/h25-26,29-32H,3-24H2,1-2H3/t25-,26+,29-,30-/m0/s1. The van der Waals surface area contributed by atoms with Crippen molar-refractivity contribution in [3.05, 3.63) is 0 Å². The molecule has 1 fully saturated rings. The molecule has 0 aliphatic carbocycles. The summed E-state index contributed by atoms with van der Waals surface area (Å²) in [6, 6.07) is 0. The lowest BCUT2D eigenvalue weighted by molar-refractivity contribution is -0.0600. The summed E-state index contributed by atoms with van der Waals surface area (Å²) in [5, 5.41) is 21.4. The van der Waals surface area contributed by atoms with Gasteiger partial charge in [0.1, 0.15) is 24.9 Å². The van der Waals surface area contributed by atoms with Gasteiger partial charge >= 0.3 is 0 Å². The number of rotatable bonds is 24. The molecular weight excluding hydrogens is 504 g/mol. The first-order valence-corrected chi connectivity index (χ1v) is 16.1. The lowest BCUT2D eigenvalue weighted by Crippen LogP contribution is -2.43. The molecule has 1 aliphatic rings. The Morgan fingerprint density at radius 3 is 1.57 bits per heavy atom. The van der Waals surface area contributed by atoms with Gasteiger partial charge < -0.3 is 24.4 Å². The van der Waals surface area contributed by atoms with E-state index in [1.807, 2.05) is 0 Å². The summed E-state index contributed by atoms with van der Waals surface area (Å²) in [5.74, 6) is 0. The van der Waals surface area contributed by atoms with E-state index in [1.54, 1.807) is 0 Å². The van der Waals surface area contributed by atoms with Gasteiger partial charge in [0.05, 0.1) is 6.61 Å². The van der Waals surface area contributed by atoms with Crippen molar-refractivity contribution in [2.45, 2.75) is 167 Å². The molecule has 0 saturated carbocycles. The van der Waals surface area contributed by atoms with Crippen molar-refractivity contribution in [1.82, 2.24) is 0 Å². The highest BCUT2D eigenvalue weighted by molar-refractivity contribution is 7.80. The lowest BCUT2D eigenvalue weighted by atomic mass is 10.1. The van der Waals surface area contributed by atoms with Crippen molar-refractivity contribution in [2.24, 2.45) is 0 Å². The molecule has 4 atom stereocenters. The Balaban J connectivity index is 2.27. The Kier molecular flexibility index (Phi) is 22.1. The van der Waals surface area contributed by atoms with E-state index in [0.29, 0.717) is 16.5 Å². The average molecular weight is 561 g/mol. The molecule has 0 aromatic rings. The fraction of sp³-hybridized carbons (Fsp3) is 0.933. The van der Waals surface area contributed by atoms with Crippen LogP contribution in [0.1, 0.15) is 142 Å². The third-order valence-corrected chi connectivity index (χ3v) is 7.84. The second-order valence-electron chi connectivity index (χ2n) is 10.7. The van der Waals surface area contributed by atoms with E-state index < -0.39 is 24.4 Å². The summed E-state index contributed by atoms with van der Waals surface area (Å²) in [4.78, 5) is 0. The lowest BCUT2D eigenvalue weighted by Gasteiger charge is -2.27. The number of aliphatic hydroxyl groups is 2. The van der Waals surface area contributed by atoms with Crippen LogP contribution in [0.2, 0.25) is 0 Å². The minimum atomic E-state index is -1.02. The van der Waals surface area contributed by atoms with Crippen molar-refractivity contribution in [3.8, 4) is 0 Å². The molecule has 1 aliphatic heterocycles. The normalized spacial score (nSPS) is 20.2. The molecule has 2 N–H and O–H groups in total. The summed E-state index contributed by atoms with van der Waals surface area (Å²) in [5.41, 5.74) is 0. The molecular formula is C30H56O5S2. The third-order valence-electron chi connectivity index (χ3n) is 7.22. The molecule has 0 amide bonds. The van der Waals surface area contributed by atoms with Gasteiger partial charge in [0.25, 0.3) is 0 Å². The zero-order valence-corrected chi connectivity index (χ0v) is 25.4. The Morgan fingerprint density at radius 2 is 1.14 bits per heavy atom. The van der Waals surface area contributed by atoms with Crippen molar-refractivity contribution in [3.63, 3.8) is 0 Å². The molecule has 218 valence electrons. The molecule has 1 rings (SSSR count). The topological polar surface area (TPSA) is 68.2 Å². The first-order chi connectivity index (χ1) is 18.0. The van der Waals surface area contributed by atoms with Crippen LogP contribution in [0.25, 0.3) is 0 Å². The van der Waals surface area contributed by atoms with Gasteiger partial charge in [0.15, 0.2) is 16.2 Å². The van der Waals surface area contributed by atoms with Gasteiger partial charge in [-0.3, -0.25) is 0 Å². The second kappa shape index (κ2) is 23.5. The Morgan fingerprint density at radius 1 is 0.703 bits per heavy atom. The van der Waals surface area contributed by atoms with Crippen LogP contribution in [0.15, 0.2) is 0 Å². The molecule has 1 heterocycles. The number of unbranched alkanes of at least 4 members (excludes halogenated alkanes) is 16. The highest BCUT2D eigenvalue weighted by Gasteiger charge is 2.41. The van der Waals surface area contributed by atoms with Gasteiger partial charge in [-0.2, -0.15) is 0 Å². The van der Waals surface area contributed by atoms with Gasteiger partial charge in [-0.25, -0.2) is 0 Å². The SMILES string of the molecule is CCCCCCCCCCCC(=S)OC[C@@H](OC(=S)CCCCCCCCCCC)[C@@H]1OC[C@H](O)[C@@H]1O. The number of hydrogen-bond donors (Lipinski definition) is 2.